The Hall–Kier alpha value is -1.50. The number of halogens is 1. The molecule has 6 heteroatoms. The molecular formula is C14H21FN4O. The number of nitrogens with one attached hydrogen (secondary N) is 1. The van der Waals surface area contributed by atoms with Crippen LogP contribution in [0.2, 0.25) is 0 Å². The fraction of sp³-hybridized carbons (Fsp3) is 0.500. The Morgan fingerprint density at radius 3 is 2.35 bits per heavy atom. The predicted octanol–water partition coefficient (Wildman–Crippen LogP) is 0.341. The molecule has 1 aliphatic heterocycles. The molecule has 1 saturated heterocycles. The molecule has 0 spiro atoms. The van der Waals surface area contributed by atoms with Crippen molar-refractivity contribution in [2.45, 2.75) is 0 Å². The molecule has 1 amide bonds. The van der Waals surface area contributed by atoms with Crippen LogP contribution in [0.1, 0.15) is 0 Å². The van der Waals surface area contributed by atoms with E-state index >= 15 is 0 Å². The lowest BCUT2D eigenvalue weighted by atomic mass is 10.3. The average molecular weight is 280 g/mol. The zero-order chi connectivity index (χ0) is 14.4. The van der Waals surface area contributed by atoms with Crippen LogP contribution in [-0.2, 0) is 4.79 Å². The summed E-state index contributed by atoms with van der Waals surface area (Å²) in [4.78, 5) is 16.3. The second-order valence-electron chi connectivity index (χ2n) is 4.96. The number of nitrogens with two attached hydrogens (primary N) is 1. The second-order valence-corrected chi connectivity index (χ2v) is 4.96. The molecule has 0 aromatic heterocycles. The Labute approximate surface area is 118 Å². The molecule has 0 bridgehead atoms. The molecule has 0 unspecified atom stereocenters. The second kappa shape index (κ2) is 7.33. The van der Waals surface area contributed by atoms with Gasteiger partial charge in [0.05, 0.1) is 6.54 Å². The minimum Gasteiger partial charge on any atom is -0.329 e. The van der Waals surface area contributed by atoms with E-state index < -0.39 is 0 Å². The molecule has 3 N–H and O–H groups in total. The summed E-state index contributed by atoms with van der Waals surface area (Å²) in [7, 11) is 0. The fourth-order valence-electron chi connectivity index (χ4n) is 2.29. The lowest BCUT2D eigenvalue weighted by Gasteiger charge is -2.33. The number of carbonyl (C=O) groups is 1. The van der Waals surface area contributed by atoms with Crippen LogP contribution in [0, 0.1) is 5.82 Å². The van der Waals surface area contributed by atoms with Crippen LogP contribution in [0.15, 0.2) is 24.3 Å². The van der Waals surface area contributed by atoms with Gasteiger partial charge < -0.3 is 11.1 Å². The van der Waals surface area contributed by atoms with Gasteiger partial charge in [-0.05, 0) is 24.3 Å². The molecule has 2 rings (SSSR count). The zero-order valence-electron chi connectivity index (χ0n) is 11.5. The maximum atomic E-state index is 12.8. The van der Waals surface area contributed by atoms with E-state index in [9.17, 15) is 9.18 Å². The molecule has 1 aromatic carbocycles. The van der Waals surface area contributed by atoms with Gasteiger partial charge in [-0.2, -0.15) is 0 Å². The van der Waals surface area contributed by atoms with Crippen molar-refractivity contribution in [3.05, 3.63) is 30.1 Å². The number of amides is 1. The van der Waals surface area contributed by atoms with Crippen LogP contribution in [0.4, 0.5) is 10.1 Å². The van der Waals surface area contributed by atoms with Gasteiger partial charge in [0.1, 0.15) is 5.82 Å². The Bertz CT molecular complexity index is 429. The monoisotopic (exact) mass is 280 g/mol. The van der Waals surface area contributed by atoms with Crippen molar-refractivity contribution in [2.24, 2.45) is 5.73 Å². The standard InChI is InChI=1S/C14H21FN4O/c15-12-1-3-13(4-2-12)17-14(20)11-19-9-7-18(6-5-16)8-10-19/h1-4H,5-11,16H2,(H,17,20). The van der Waals surface area contributed by atoms with Crippen molar-refractivity contribution >= 4 is 11.6 Å². The van der Waals surface area contributed by atoms with E-state index in [4.69, 9.17) is 5.73 Å². The first kappa shape index (κ1) is 14.9. The molecule has 1 heterocycles. The van der Waals surface area contributed by atoms with Gasteiger partial charge in [-0.25, -0.2) is 4.39 Å². The highest BCUT2D eigenvalue weighted by Crippen LogP contribution is 2.08. The number of hydrogen-bond donors (Lipinski definition) is 2. The van der Waals surface area contributed by atoms with E-state index in [-0.39, 0.29) is 11.7 Å². The molecule has 1 aromatic rings. The molecule has 110 valence electrons. The van der Waals surface area contributed by atoms with Gasteiger partial charge >= 0.3 is 0 Å². The van der Waals surface area contributed by atoms with E-state index in [1.54, 1.807) is 12.1 Å². The van der Waals surface area contributed by atoms with Crippen LogP contribution >= 0.6 is 0 Å². The SMILES string of the molecule is NCCN1CCN(CC(=O)Nc2ccc(F)cc2)CC1. The maximum Gasteiger partial charge on any atom is 0.238 e. The molecular weight excluding hydrogens is 259 g/mol. The normalized spacial score (nSPS) is 17.1. The first-order valence-corrected chi connectivity index (χ1v) is 6.87. The largest absolute Gasteiger partial charge is 0.329 e. The predicted molar refractivity (Wildman–Crippen MR) is 77.0 cm³/mol. The van der Waals surface area contributed by atoms with Crippen molar-refractivity contribution < 1.29 is 9.18 Å². The summed E-state index contributed by atoms with van der Waals surface area (Å²) < 4.78 is 12.8. The van der Waals surface area contributed by atoms with E-state index in [1.165, 1.54) is 12.1 Å². The van der Waals surface area contributed by atoms with E-state index in [0.717, 1.165) is 32.7 Å². The number of piperazine rings is 1. The summed E-state index contributed by atoms with van der Waals surface area (Å²) >= 11 is 0. The van der Waals surface area contributed by atoms with E-state index in [2.05, 4.69) is 15.1 Å². The highest BCUT2D eigenvalue weighted by molar-refractivity contribution is 5.92. The lowest BCUT2D eigenvalue weighted by molar-refractivity contribution is -0.117. The lowest BCUT2D eigenvalue weighted by Crippen LogP contribution is -2.49. The number of carbonyl (C=O) groups excluding carboxylic acids is 1. The number of benzene rings is 1. The zero-order valence-corrected chi connectivity index (χ0v) is 11.5. The first-order chi connectivity index (χ1) is 9.67. The van der Waals surface area contributed by atoms with Gasteiger partial charge in [0.25, 0.3) is 0 Å². The summed E-state index contributed by atoms with van der Waals surface area (Å²) in [6.07, 6.45) is 0. The molecule has 0 radical (unpaired) electrons. The summed E-state index contributed by atoms with van der Waals surface area (Å²) in [5.41, 5.74) is 6.15. The third-order valence-corrected chi connectivity index (χ3v) is 3.41. The van der Waals surface area contributed by atoms with Crippen LogP contribution in [0.3, 0.4) is 0 Å². The molecule has 0 aliphatic carbocycles. The van der Waals surface area contributed by atoms with Gasteiger partial charge in [-0.3, -0.25) is 14.6 Å². The van der Waals surface area contributed by atoms with Crippen LogP contribution in [0.25, 0.3) is 0 Å². The number of hydrogen-bond acceptors (Lipinski definition) is 4. The summed E-state index contributed by atoms with van der Waals surface area (Å²) in [6, 6.07) is 5.79. The summed E-state index contributed by atoms with van der Waals surface area (Å²) in [6.45, 7) is 5.59. The first-order valence-electron chi connectivity index (χ1n) is 6.87. The smallest absolute Gasteiger partial charge is 0.238 e. The Balaban J connectivity index is 1.74. The minimum atomic E-state index is -0.306. The number of rotatable bonds is 5. The Morgan fingerprint density at radius 1 is 1.15 bits per heavy atom. The van der Waals surface area contributed by atoms with Crippen molar-refractivity contribution in [2.75, 3.05) is 51.1 Å². The van der Waals surface area contributed by atoms with Gasteiger partial charge in [0, 0.05) is 45.0 Å². The highest BCUT2D eigenvalue weighted by Gasteiger charge is 2.18. The van der Waals surface area contributed by atoms with Crippen molar-refractivity contribution in [3.8, 4) is 0 Å². The Morgan fingerprint density at radius 2 is 1.75 bits per heavy atom. The maximum absolute atomic E-state index is 12.8. The number of nitrogens with zero attached hydrogens (tertiary/aromatic N) is 2. The summed E-state index contributed by atoms with van der Waals surface area (Å²) in [5, 5.41) is 2.77. The van der Waals surface area contributed by atoms with Crippen LogP contribution in [-0.4, -0.2) is 61.5 Å². The van der Waals surface area contributed by atoms with Gasteiger partial charge in [0.2, 0.25) is 5.91 Å². The van der Waals surface area contributed by atoms with E-state index in [1.807, 2.05) is 0 Å². The fourth-order valence-corrected chi connectivity index (χ4v) is 2.29. The number of anilines is 1. The van der Waals surface area contributed by atoms with Crippen molar-refractivity contribution in [1.29, 1.82) is 0 Å². The Kier molecular flexibility index (Phi) is 5.46. The van der Waals surface area contributed by atoms with Crippen molar-refractivity contribution in [1.82, 2.24) is 9.80 Å². The molecule has 5 nitrogen and oxygen atoms in total. The van der Waals surface area contributed by atoms with E-state index in [0.29, 0.717) is 18.8 Å². The quantitative estimate of drug-likeness (QED) is 0.816. The summed E-state index contributed by atoms with van der Waals surface area (Å²) in [5.74, 6) is -0.372. The topological polar surface area (TPSA) is 61.6 Å². The van der Waals surface area contributed by atoms with Gasteiger partial charge in [-0.1, -0.05) is 0 Å². The molecule has 0 atom stereocenters. The molecule has 1 aliphatic rings. The highest BCUT2D eigenvalue weighted by atomic mass is 19.1. The molecule has 20 heavy (non-hydrogen) atoms. The van der Waals surface area contributed by atoms with Crippen molar-refractivity contribution in [3.63, 3.8) is 0 Å². The van der Waals surface area contributed by atoms with Gasteiger partial charge in [0.15, 0.2) is 0 Å². The third kappa shape index (κ3) is 4.56. The minimum absolute atomic E-state index is 0.0658. The van der Waals surface area contributed by atoms with Crippen LogP contribution in [0.5, 0.6) is 0 Å². The van der Waals surface area contributed by atoms with Crippen LogP contribution < -0.4 is 11.1 Å². The molecule has 0 saturated carbocycles. The van der Waals surface area contributed by atoms with Gasteiger partial charge in [-0.15, -0.1) is 0 Å². The third-order valence-electron chi connectivity index (χ3n) is 3.41. The molecule has 1 fully saturated rings. The average Bonchev–Trinajstić information content (AvgIpc) is 2.44.